The van der Waals surface area contributed by atoms with Crippen molar-refractivity contribution in [1.82, 2.24) is 9.47 Å². The van der Waals surface area contributed by atoms with E-state index < -0.39 is 0 Å². The number of likely N-dealkylation sites (tertiary alicyclic amines) is 1. The fourth-order valence-electron chi connectivity index (χ4n) is 5.63. The maximum atomic E-state index is 13.6. The van der Waals surface area contributed by atoms with Crippen LogP contribution in [-0.4, -0.2) is 35.1 Å². The molecule has 3 aromatic rings. The molecule has 3 aliphatic rings. The molecule has 1 aromatic heterocycles. The average molecular weight is 458 g/mol. The zero-order valence-electron chi connectivity index (χ0n) is 18.2. The van der Waals surface area contributed by atoms with Crippen LogP contribution in [0.15, 0.2) is 71.5 Å². The van der Waals surface area contributed by atoms with E-state index in [4.69, 9.17) is 11.6 Å². The summed E-state index contributed by atoms with van der Waals surface area (Å²) in [6.07, 6.45) is 3.05. The molecule has 0 saturated carbocycles. The fraction of sp³-hybridized carbons (Fsp3) is 0.259. The monoisotopic (exact) mass is 457 g/mol. The van der Waals surface area contributed by atoms with Gasteiger partial charge in [-0.25, -0.2) is 0 Å². The van der Waals surface area contributed by atoms with Crippen molar-refractivity contribution in [2.24, 2.45) is 5.92 Å². The van der Waals surface area contributed by atoms with Crippen LogP contribution in [0.3, 0.4) is 0 Å². The maximum absolute atomic E-state index is 13.6. The number of benzene rings is 2. The molecule has 166 valence electrons. The van der Waals surface area contributed by atoms with Crippen LogP contribution in [0, 0.1) is 5.92 Å². The fourth-order valence-corrected chi connectivity index (χ4v) is 5.80. The first-order valence-corrected chi connectivity index (χ1v) is 11.8. The highest BCUT2D eigenvalue weighted by molar-refractivity contribution is 6.37. The van der Waals surface area contributed by atoms with Crippen molar-refractivity contribution in [3.8, 4) is 0 Å². The van der Waals surface area contributed by atoms with E-state index in [1.54, 1.807) is 6.07 Å². The van der Waals surface area contributed by atoms with Crippen LogP contribution in [0.1, 0.15) is 29.2 Å². The molecule has 1 amide bonds. The Hall–Kier alpha value is -3.15. The minimum atomic E-state index is 0.00322. The van der Waals surface area contributed by atoms with Gasteiger partial charge in [-0.3, -0.25) is 19.4 Å². The molecule has 0 aliphatic carbocycles. The van der Waals surface area contributed by atoms with Gasteiger partial charge in [0.05, 0.1) is 12.4 Å². The molecule has 1 fully saturated rings. The highest BCUT2D eigenvalue weighted by atomic mass is 35.5. The van der Waals surface area contributed by atoms with E-state index in [1.165, 1.54) is 0 Å². The summed E-state index contributed by atoms with van der Waals surface area (Å²) in [6.45, 7) is 2.96. The topological polar surface area (TPSA) is 45.6 Å². The first kappa shape index (κ1) is 20.5. The normalized spacial score (nSPS) is 23.0. The molecule has 2 atom stereocenters. The molecule has 2 aromatic carbocycles. The minimum Gasteiger partial charge on any atom is -0.312 e. The predicted molar refractivity (Wildman–Crippen MR) is 131 cm³/mol. The molecule has 4 heterocycles. The zero-order chi connectivity index (χ0) is 22.5. The van der Waals surface area contributed by atoms with Crippen molar-refractivity contribution < 1.29 is 4.79 Å². The number of carbonyl (C=O) groups excluding carboxylic acids is 1. The molecule has 6 rings (SSSR count). The first-order valence-electron chi connectivity index (χ1n) is 11.4. The van der Waals surface area contributed by atoms with Crippen molar-refractivity contribution in [1.29, 1.82) is 0 Å². The number of amides is 1. The summed E-state index contributed by atoms with van der Waals surface area (Å²) in [6, 6.07) is 21.2. The van der Waals surface area contributed by atoms with Gasteiger partial charge in [0.2, 0.25) is 0 Å². The van der Waals surface area contributed by atoms with Gasteiger partial charge in [-0.15, -0.1) is 0 Å². The van der Waals surface area contributed by atoms with Crippen molar-refractivity contribution in [3.05, 3.63) is 98.9 Å². The lowest BCUT2D eigenvalue weighted by Crippen LogP contribution is -2.50. The lowest BCUT2D eigenvalue weighted by atomic mass is 9.83. The first-order chi connectivity index (χ1) is 16.1. The Bertz CT molecular complexity index is 1330. The van der Waals surface area contributed by atoms with Crippen LogP contribution in [0.2, 0.25) is 5.02 Å². The third-order valence-electron chi connectivity index (χ3n) is 7.02. The van der Waals surface area contributed by atoms with Gasteiger partial charge in [0.1, 0.15) is 0 Å². The van der Waals surface area contributed by atoms with Gasteiger partial charge in [-0.05, 0) is 42.2 Å². The number of nitrogens with zero attached hydrogens (tertiary/aromatic N) is 3. The largest absolute Gasteiger partial charge is 0.312 e. The van der Waals surface area contributed by atoms with Crippen LogP contribution in [0.5, 0.6) is 0 Å². The minimum absolute atomic E-state index is 0.00322. The Morgan fingerprint density at radius 3 is 2.64 bits per heavy atom. The van der Waals surface area contributed by atoms with Gasteiger partial charge in [0.25, 0.3) is 11.5 Å². The molecule has 2 bridgehead atoms. The molecule has 0 radical (unpaired) electrons. The molecule has 6 heteroatoms. The number of fused-ring (bicyclic) bond motifs is 5. The van der Waals surface area contributed by atoms with E-state index >= 15 is 0 Å². The molecule has 5 nitrogen and oxygen atoms in total. The Morgan fingerprint density at radius 1 is 0.939 bits per heavy atom. The van der Waals surface area contributed by atoms with Crippen molar-refractivity contribution in [2.75, 3.05) is 24.7 Å². The quantitative estimate of drug-likeness (QED) is 0.545. The summed E-state index contributed by atoms with van der Waals surface area (Å²) < 4.78 is 1.94. The second-order valence-electron chi connectivity index (χ2n) is 9.24. The molecular weight excluding hydrogens is 434 g/mol. The number of rotatable bonds is 3. The third kappa shape index (κ3) is 3.62. The van der Waals surface area contributed by atoms with E-state index in [1.807, 2.05) is 70.1 Å². The molecule has 1 saturated heterocycles. The lowest BCUT2D eigenvalue weighted by Gasteiger charge is -2.43. The van der Waals surface area contributed by atoms with Gasteiger partial charge in [-0.1, -0.05) is 54.1 Å². The third-order valence-corrected chi connectivity index (χ3v) is 7.26. The van der Waals surface area contributed by atoms with Gasteiger partial charge in [0, 0.05) is 53.5 Å². The van der Waals surface area contributed by atoms with E-state index in [2.05, 4.69) is 11.0 Å². The highest BCUT2D eigenvalue weighted by Gasteiger charge is 2.38. The second kappa shape index (κ2) is 8.01. The summed E-state index contributed by atoms with van der Waals surface area (Å²) >= 11 is 6.33. The van der Waals surface area contributed by atoms with E-state index in [0.29, 0.717) is 29.1 Å². The zero-order valence-corrected chi connectivity index (χ0v) is 18.9. The number of hydrogen-bond acceptors (Lipinski definition) is 3. The van der Waals surface area contributed by atoms with Gasteiger partial charge < -0.3 is 4.57 Å². The molecule has 3 aliphatic heterocycles. The van der Waals surface area contributed by atoms with Crippen LogP contribution in [0.4, 0.5) is 5.69 Å². The van der Waals surface area contributed by atoms with Crippen LogP contribution < -0.4 is 10.5 Å². The number of pyridine rings is 1. The number of aromatic nitrogens is 1. The molecular formula is C27H24ClN3O2. The SMILES string of the molecule is O=C1C(=Cc2ccccc2)c2ccc(Cl)cc2N1CN1C[C@@H]2C[C@@H](C1)c1cccc(=O)n1C2. The van der Waals surface area contributed by atoms with E-state index in [0.717, 1.165) is 48.6 Å². The summed E-state index contributed by atoms with van der Waals surface area (Å²) in [7, 11) is 0. The van der Waals surface area contributed by atoms with E-state index in [-0.39, 0.29) is 11.5 Å². The Morgan fingerprint density at radius 2 is 1.79 bits per heavy atom. The summed E-state index contributed by atoms with van der Waals surface area (Å²) in [5.74, 6) is 0.720. The maximum Gasteiger partial charge on any atom is 0.260 e. The summed E-state index contributed by atoms with van der Waals surface area (Å²) in [4.78, 5) is 30.1. The molecule has 0 N–H and O–H groups in total. The van der Waals surface area contributed by atoms with Gasteiger partial charge in [-0.2, -0.15) is 0 Å². The number of carbonyl (C=O) groups is 1. The number of hydrogen-bond donors (Lipinski definition) is 0. The second-order valence-corrected chi connectivity index (χ2v) is 9.68. The molecule has 33 heavy (non-hydrogen) atoms. The van der Waals surface area contributed by atoms with Crippen LogP contribution in [0.25, 0.3) is 11.6 Å². The predicted octanol–water partition coefficient (Wildman–Crippen LogP) is 4.47. The Labute approximate surface area is 197 Å². The number of anilines is 1. The Balaban J connectivity index is 1.31. The molecule has 0 unspecified atom stereocenters. The van der Waals surface area contributed by atoms with E-state index in [9.17, 15) is 9.59 Å². The lowest BCUT2D eigenvalue weighted by molar-refractivity contribution is -0.113. The Kier molecular flexibility index (Phi) is 4.97. The summed E-state index contributed by atoms with van der Waals surface area (Å²) in [5, 5.41) is 0.622. The van der Waals surface area contributed by atoms with Crippen molar-refractivity contribution in [2.45, 2.75) is 18.9 Å². The summed E-state index contributed by atoms with van der Waals surface area (Å²) in [5.41, 5.74) is 4.68. The van der Waals surface area contributed by atoms with Gasteiger partial charge in [0.15, 0.2) is 0 Å². The van der Waals surface area contributed by atoms with Gasteiger partial charge >= 0.3 is 0 Å². The average Bonchev–Trinajstić information content (AvgIpc) is 3.06. The number of halogens is 1. The van der Waals surface area contributed by atoms with Crippen molar-refractivity contribution >= 4 is 34.8 Å². The smallest absolute Gasteiger partial charge is 0.260 e. The van der Waals surface area contributed by atoms with Crippen LogP contribution in [-0.2, 0) is 11.3 Å². The number of piperidine rings is 1. The standard InChI is InChI=1S/C27H24ClN3O2/c28-21-9-10-22-23(12-18-5-2-1-3-6-18)27(33)31(25(22)13-21)17-29-14-19-11-20(16-29)24-7-4-8-26(32)30(24)15-19/h1-10,12-13,19-20H,11,14-17H2/t19-,20-/m0/s1. The molecule has 0 spiro atoms. The van der Waals surface area contributed by atoms with Crippen molar-refractivity contribution in [3.63, 3.8) is 0 Å². The van der Waals surface area contributed by atoms with Crippen LogP contribution >= 0.6 is 11.6 Å². The highest BCUT2D eigenvalue weighted by Crippen LogP contribution is 2.41.